The minimum Gasteiger partial charge on any atom is -0.267 e. The molecule has 16 heavy (non-hydrogen) atoms. The molecule has 1 aromatic carbocycles. The molecule has 0 aliphatic carbocycles. The minimum absolute atomic E-state index is 0.399. The molecular formula is C10H8ClN3O2. The Morgan fingerprint density at radius 3 is 2.62 bits per heavy atom. The van der Waals surface area contributed by atoms with Crippen LogP contribution in [0.4, 0.5) is 0 Å². The van der Waals surface area contributed by atoms with Crippen LogP contribution in [-0.2, 0) is 7.05 Å². The van der Waals surface area contributed by atoms with Crippen LogP contribution in [0.1, 0.15) is 0 Å². The first-order valence-corrected chi connectivity index (χ1v) is 4.89. The molecule has 82 valence electrons. The van der Waals surface area contributed by atoms with Crippen molar-refractivity contribution in [1.29, 1.82) is 0 Å². The van der Waals surface area contributed by atoms with Crippen LogP contribution in [0.25, 0.3) is 5.69 Å². The number of rotatable bonds is 1. The largest absolute Gasteiger partial charge is 0.351 e. The molecule has 1 aromatic heterocycles. The molecule has 1 heterocycles. The molecule has 5 nitrogen and oxygen atoms in total. The predicted octanol–water partition coefficient (Wildman–Crippen LogP) is 0.585. The molecule has 0 bridgehead atoms. The Labute approximate surface area is 95.5 Å². The smallest absolute Gasteiger partial charge is 0.267 e. The van der Waals surface area contributed by atoms with Gasteiger partial charge in [-0.2, -0.15) is 9.78 Å². The van der Waals surface area contributed by atoms with Crippen LogP contribution in [0.5, 0.6) is 0 Å². The van der Waals surface area contributed by atoms with Gasteiger partial charge in [-0.15, -0.1) is 0 Å². The second-order valence-corrected chi connectivity index (χ2v) is 3.59. The van der Waals surface area contributed by atoms with E-state index in [0.717, 1.165) is 15.4 Å². The van der Waals surface area contributed by atoms with E-state index in [2.05, 4.69) is 5.10 Å². The fraction of sp³-hybridized carbons (Fsp3) is 0.100. The summed E-state index contributed by atoms with van der Waals surface area (Å²) in [6.45, 7) is 0. The number of hydrogen-bond acceptors (Lipinski definition) is 3. The van der Waals surface area contributed by atoms with E-state index < -0.39 is 11.2 Å². The number of halogens is 1. The first-order valence-electron chi connectivity index (χ1n) is 4.51. The molecule has 0 saturated heterocycles. The van der Waals surface area contributed by atoms with Crippen molar-refractivity contribution < 1.29 is 0 Å². The van der Waals surface area contributed by atoms with Crippen molar-refractivity contribution in [2.24, 2.45) is 7.05 Å². The van der Waals surface area contributed by atoms with Crippen molar-refractivity contribution in [2.45, 2.75) is 0 Å². The predicted molar refractivity (Wildman–Crippen MR) is 60.1 cm³/mol. The molecule has 0 saturated carbocycles. The van der Waals surface area contributed by atoms with Crippen LogP contribution in [0, 0.1) is 0 Å². The highest BCUT2D eigenvalue weighted by atomic mass is 35.5. The molecule has 0 spiro atoms. The maximum absolute atomic E-state index is 11.7. The van der Waals surface area contributed by atoms with Crippen LogP contribution < -0.4 is 11.2 Å². The second-order valence-electron chi connectivity index (χ2n) is 3.19. The normalized spacial score (nSPS) is 10.4. The molecule has 0 aliphatic heterocycles. The molecule has 0 fully saturated rings. The first-order chi connectivity index (χ1) is 7.61. The van der Waals surface area contributed by atoms with E-state index >= 15 is 0 Å². The van der Waals surface area contributed by atoms with E-state index in [1.807, 2.05) is 0 Å². The molecule has 0 aliphatic rings. The summed E-state index contributed by atoms with van der Waals surface area (Å²) >= 11 is 5.94. The van der Waals surface area contributed by atoms with Gasteiger partial charge in [0.05, 0.1) is 10.7 Å². The maximum Gasteiger partial charge on any atom is 0.351 e. The highest BCUT2D eigenvalue weighted by Gasteiger charge is 2.07. The zero-order valence-corrected chi connectivity index (χ0v) is 9.18. The summed E-state index contributed by atoms with van der Waals surface area (Å²) in [5, 5.41) is 4.15. The van der Waals surface area contributed by atoms with Crippen molar-refractivity contribution in [2.75, 3.05) is 0 Å². The third kappa shape index (κ3) is 1.65. The zero-order chi connectivity index (χ0) is 11.7. The maximum atomic E-state index is 11.7. The van der Waals surface area contributed by atoms with E-state index in [1.54, 1.807) is 24.3 Å². The Hall–Kier alpha value is -1.88. The van der Waals surface area contributed by atoms with Gasteiger partial charge in [0.25, 0.3) is 5.56 Å². The van der Waals surface area contributed by atoms with Crippen molar-refractivity contribution >= 4 is 11.6 Å². The third-order valence-corrected chi connectivity index (χ3v) is 2.48. The lowest BCUT2D eigenvalue weighted by molar-refractivity contribution is 0.655. The monoisotopic (exact) mass is 237 g/mol. The Kier molecular flexibility index (Phi) is 2.62. The quantitative estimate of drug-likeness (QED) is 0.729. The van der Waals surface area contributed by atoms with Crippen molar-refractivity contribution in [3.05, 3.63) is 56.3 Å². The van der Waals surface area contributed by atoms with Crippen LogP contribution in [0.3, 0.4) is 0 Å². The third-order valence-electron chi connectivity index (χ3n) is 2.16. The Morgan fingerprint density at radius 2 is 1.94 bits per heavy atom. The van der Waals surface area contributed by atoms with Gasteiger partial charge in [-0.25, -0.2) is 4.79 Å². The molecular weight excluding hydrogens is 230 g/mol. The van der Waals surface area contributed by atoms with E-state index in [-0.39, 0.29) is 0 Å². The van der Waals surface area contributed by atoms with Gasteiger partial charge in [0.15, 0.2) is 0 Å². The molecule has 2 aromatic rings. The lowest BCUT2D eigenvalue weighted by Gasteiger charge is -2.06. The number of aromatic nitrogens is 3. The molecule has 0 atom stereocenters. The summed E-state index contributed by atoms with van der Waals surface area (Å²) in [7, 11) is 1.39. The van der Waals surface area contributed by atoms with Crippen LogP contribution in [0.15, 0.2) is 40.1 Å². The molecule has 0 radical (unpaired) electrons. The first kappa shape index (κ1) is 10.6. The number of hydrogen-bond donors (Lipinski definition) is 0. The summed E-state index contributed by atoms with van der Waals surface area (Å²) < 4.78 is 2.06. The Bertz CT molecular complexity index is 645. The summed E-state index contributed by atoms with van der Waals surface area (Å²) in [6.07, 6.45) is 1.07. The molecule has 2 rings (SSSR count). The summed E-state index contributed by atoms with van der Waals surface area (Å²) in [6, 6.07) is 6.79. The summed E-state index contributed by atoms with van der Waals surface area (Å²) in [4.78, 5) is 22.9. The van der Waals surface area contributed by atoms with Gasteiger partial charge >= 0.3 is 5.69 Å². The van der Waals surface area contributed by atoms with Gasteiger partial charge < -0.3 is 0 Å². The Balaban J connectivity index is 2.77. The van der Waals surface area contributed by atoms with Gasteiger partial charge in [-0.1, -0.05) is 23.7 Å². The van der Waals surface area contributed by atoms with Crippen molar-refractivity contribution in [3.8, 4) is 5.69 Å². The average molecular weight is 238 g/mol. The van der Waals surface area contributed by atoms with Gasteiger partial charge in [-0.3, -0.25) is 9.36 Å². The average Bonchev–Trinajstić information content (AvgIpc) is 2.28. The number of nitrogens with zero attached hydrogens (tertiary/aromatic N) is 3. The highest BCUT2D eigenvalue weighted by molar-refractivity contribution is 6.32. The Morgan fingerprint density at radius 1 is 1.25 bits per heavy atom. The van der Waals surface area contributed by atoms with E-state index in [9.17, 15) is 9.59 Å². The lowest BCUT2D eigenvalue weighted by atomic mass is 10.3. The molecule has 0 N–H and O–H groups in total. The molecule has 6 heteroatoms. The second kappa shape index (κ2) is 3.94. The molecule has 0 unspecified atom stereocenters. The summed E-state index contributed by atoms with van der Waals surface area (Å²) in [5.74, 6) is 0. The van der Waals surface area contributed by atoms with Gasteiger partial charge in [-0.05, 0) is 12.1 Å². The fourth-order valence-electron chi connectivity index (χ4n) is 1.27. The van der Waals surface area contributed by atoms with Crippen molar-refractivity contribution in [1.82, 2.24) is 14.3 Å². The van der Waals surface area contributed by atoms with Crippen molar-refractivity contribution in [3.63, 3.8) is 0 Å². The fourth-order valence-corrected chi connectivity index (χ4v) is 1.48. The van der Waals surface area contributed by atoms with Gasteiger partial charge in [0.2, 0.25) is 0 Å². The number of para-hydroxylation sites is 1. The van der Waals surface area contributed by atoms with Crippen LogP contribution in [-0.4, -0.2) is 14.3 Å². The standard InChI is InChI=1S/C10H8ClN3O2/c1-13-9(15)6-12-14(10(13)16)8-5-3-2-4-7(8)11/h2-6H,1H3. The van der Waals surface area contributed by atoms with E-state index in [0.29, 0.717) is 10.7 Å². The molecule has 0 amide bonds. The van der Waals surface area contributed by atoms with Gasteiger partial charge in [0, 0.05) is 7.05 Å². The van der Waals surface area contributed by atoms with Crippen LogP contribution >= 0.6 is 11.6 Å². The summed E-state index contributed by atoms with van der Waals surface area (Å²) in [5.41, 5.74) is -0.529. The van der Waals surface area contributed by atoms with Gasteiger partial charge in [0.1, 0.15) is 6.20 Å². The SMILES string of the molecule is Cn1c(=O)cnn(-c2ccccc2Cl)c1=O. The minimum atomic E-state index is -0.527. The van der Waals surface area contributed by atoms with Crippen LogP contribution in [0.2, 0.25) is 5.02 Å². The van der Waals surface area contributed by atoms with E-state index in [4.69, 9.17) is 11.6 Å². The zero-order valence-electron chi connectivity index (χ0n) is 8.42. The highest BCUT2D eigenvalue weighted by Crippen LogP contribution is 2.16. The number of benzene rings is 1. The lowest BCUT2D eigenvalue weighted by Crippen LogP contribution is -2.38. The topological polar surface area (TPSA) is 56.9 Å². The van der Waals surface area contributed by atoms with E-state index in [1.165, 1.54) is 7.05 Å².